The molecule has 1 heterocycles. The van der Waals surface area contributed by atoms with Crippen LogP contribution in [-0.2, 0) is 21.7 Å². The number of benzene rings is 2. The van der Waals surface area contributed by atoms with Gasteiger partial charge in [-0.05, 0) is 18.6 Å². The van der Waals surface area contributed by atoms with Crippen LogP contribution in [0.3, 0.4) is 0 Å². The van der Waals surface area contributed by atoms with Crippen LogP contribution in [0.2, 0.25) is 0 Å². The van der Waals surface area contributed by atoms with Crippen LogP contribution in [0.4, 0.5) is 13.2 Å². The molecule has 1 unspecified atom stereocenters. The molecule has 1 aromatic heterocycles. The first-order chi connectivity index (χ1) is 12.8. The summed E-state index contributed by atoms with van der Waals surface area (Å²) in [6, 6.07) is 15.5. The highest BCUT2D eigenvalue weighted by Crippen LogP contribution is 2.43. The smallest absolute Gasteiger partial charge is 0.432 e. The second kappa shape index (κ2) is 7.08. The Morgan fingerprint density at radius 1 is 1.07 bits per heavy atom. The van der Waals surface area contributed by atoms with Crippen LogP contribution < -0.4 is 0 Å². The molecule has 3 rings (SSSR count). The number of aromatic nitrogens is 1. The summed E-state index contributed by atoms with van der Waals surface area (Å²) in [5, 5.41) is 10.6. The van der Waals surface area contributed by atoms with Gasteiger partial charge >= 0.3 is 12.1 Å². The van der Waals surface area contributed by atoms with Crippen molar-refractivity contribution in [2.24, 2.45) is 0 Å². The van der Waals surface area contributed by atoms with E-state index in [1.807, 2.05) is 30.3 Å². The van der Waals surface area contributed by atoms with Crippen LogP contribution >= 0.6 is 0 Å². The molecule has 0 saturated heterocycles. The molecule has 0 fully saturated rings. The molecule has 3 aromatic rings. The number of aliphatic hydroxyl groups is 1. The minimum absolute atomic E-state index is 0.140. The standard InChI is InChI=1S/C20H18F3NO3/c1-2-27-18(25)19(26,20(21,22)23)16-13-24(12-14-8-4-3-5-9-14)17-11-7-6-10-15(16)17/h3-11,13,26H,2,12H2,1H3. The van der Waals surface area contributed by atoms with Gasteiger partial charge in [-0.3, -0.25) is 0 Å². The molecule has 4 nitrogen and oxygen atoms in total. The van der Waals surface area contributed by atoms with E-state index in [0.717, 1.165) is 5.56 Å². The van der Waals surface area contributed by atoms with Crippen molar-refractivity contribution in [3.05, 3.63) is 71.9 Å². The second-order valence-electron chi connectivity index (χ2n) is 6.10. The Kier molecular flexibility index (Phi) is 4.97. The van der Waals surface area contributed by atoms with E-state index >= 15 is 0 Å². The van der Waals surface area contributed by atoms with Gasteiger partial charge in [-0.15, -0.1) is 0 Å². The van der Waals surface area contributed by atoms with Crippen molar-refractivity contribution < 1.29 is 27.8 Å². The molecule has 0 aliphatic rings. The molecular weight excluding hydrogens is 359 g/mol. The highest BCUT2D eigenvalue weighted by molar-refractivity contribution is 5.92. The molecule has 0 bridgehead atoms. The Morgan fingerprint density at radius 3 is 2.33 bits per heavy atom. The molecule has 0 aliphatic carbocycles. The van der Waals surface area contributed by atoms with Gasteiger partial charge in [0.1, 0.15) is 0 Å². The summed E-state index contributed by atoms with van der Waals surface area (Å²) in [4.78, 5) is 12.1. The molecule has 0 spiro atoms. The largest absolute Gasteiger partial charge is 0.463 e. The molecular formula is C20H18F3NO3. The Morgan fingerprint density at radius 2 is 1.70 bits per heavy atom. The van der Waals surface area contributed by atoms with E-state index < -0.39 is 23.3 Å². The lowest BCUT2D eigenvalue weighted by Gasteiger charge is -2.27. The van der Waals surface area contributed by atoms with Crippen molar-refractivity contribution in [2.45, 2.75) is 25.2 Å². The summed E-state index contributed by atoms with van der Waals surface area (Å²) in [5.41, 5.74) is -2.94. The number of fused-ring (bicyclic) bond motifs is 1. The topological polar surface area (TPSA) is 51.5 Å². The van der Waals surface area contributed by atoms with E-state index in [1.54, 1.807) is 22.8 Å². The van der Waals surface area contributed by atoms with Gasteiger partial charge in [-0.25, -0.2) is 4.79 Å². The van der Waals surface area contributed by atoms with E-state index in [2.05, 4.69) is 4.74 Å². The third kappa shape index (κ3) is 3.30. The van der Waals surface area contributed by atoms with Gasteiger partial charge in [-0.2, -0.15) is 13.2 Å². The highest BCUT2D eigenvalue weighted by atomic mass is 19.4. The molecule has 0 radical (unpaired) electrons. The Hall–Kier alpha value is -2.80. The normalized spacial score (nSPS) is 14.1. The number of halogens is 3. The number of carbonyl (C=O) groups excluding carboxylic acids is 1. The number of hydrogen-bond donors (Lipinski definition) is 1. The quantitative estimate of drug-likeness (QED) is 0.684. The lowest BCUT2D eigenvalue weighted by Crippen LogP contribution is -2.50. The van der Waals surface area contributed by atoms with Crippen LogP contribution in [-0.4, -0.2) is 28.4 Å². The summed E-state index contributed by atoms with van der Waals surface area (Å²) < 4.78 is 47.4. The number of rotatable bonds is 5. The third-order valence-electron chi connectivity index (χ3n) is 4.36. The number of para-hydroxylation sites is 1. The van der Waals surface area contributed by atoms with Gasteiger partial charge in [0.05, 0.1) is 6.61 Å². The Bertz CT molecular complexity index is 950. The first-order valence-electron chi connectivity index (χ1n) is 8.37. The average molecular weight is 377 g/mol. The van der Waals surface area contributed by atoms with Gasteiger partial charge in [0, 0.05) is 29.2 Å². The van der Waals surface area contributed by atoms with Gasteiger partial charge in [0.2, 0.25) is 0 Å². The lowest BCUT2D eigenvalue weighted by molar-refractivity contribution is -0.267. The number of ether oxygens (including phenoxy) is 1. The SMILES string of the molecule is CCOC(=O)C(O)(c1cn(Cc2ccccc2)c2ccccc12)C(F)(F)F. The first-order valence-corrected chi connectivity index (χ1v) is 8.37. The molecule has 7 heteroatoms. The average Bonchev–Trinajstić information content (AvgIpc) is 3.00. The molecule has 142 valence electrons. The Labute approximate surface area is 153 Å². The second-order valence-corrected chi connectivity index (χ2v) is 6.10. The van der Waals surface area contributed by atoms with Crippen molar-refractivity contribution in [2.75, 3.05) is 6.61 Å². The fourth-order valence-corrected chi connectivity index (χ4v) is 3.06. The van der Waals surface area contributed by atoms with Gasteiger partial charge in [-0.1, -0.05) is 48.5 Å². The summed E-state index contributed by atoms with van der Waals surface area (Å²) in [5.74, 6) is -1.74. The number of alkyl halides is 3. The predicted octanol–water partition coefficient (Wildman–Crippen LogP) is 4.00. The summed E-state index contributed by atoms with van der Waals surface area (Å²) in [6.07, 6.45) is -4.07. The first kappa shape index (κ1) is 19.0. The van der Waals surface area contributed by atoms with Crippen LogP contribution in [0, 0.1) is 0 Å². The highest BCUT2D eigenvalue weighted by Gasteiger charge is 2.63. The molecule has 0 saturated carbocycles. The third-order valence-corrected chi connectivity index (χ3v) is 4.36. The fraction of sp³-hybridized carbons (Fsp3) is 0.250. The zero-order valence-corrected chi connectivity index (χ0v) is 14.5. The van der Waals surface area contributed by atoms with E-state index in [9.17, 15) is 23.1 Å². The lowest BCUT2D eigenvalue weighted by atomic mass is 9.92. The fourth-order valence-electron chi connectivity index (χ4n) is 3.06. The molecule has 2 aromatic carbocycles. The van der Waals surface area contributed by atoms with Gasteiger partial charge in [0.25, 0.3) is 5.60 Å². The van der Waals surface area contributed by atoms with Gasteiger partial charge < -0.3 is 14.4 Å². The molecule has 1 atom stereocenters. The molecule has 1 N–H and O–H groups in total. The van der Waals surface area contributed by atoms with E-state index in [-0.39, 0.29) is 18.5 Å². The van der Waals surface area contributed by atoms with Crippen LogP contribution in [0.1, 0.15) is 18.1 Å². The van der Waals surface area contributed by atoms with Gasteiger partial charge in [0.15, 0.2) is 0 Å². The molecule has 0 amide bonds. The van der Waals surface area contributed by atoms with Crippen LogP contribution in [0.25, 0.3) is 10.9 Å². The predicted molar refractivity (Wildman–Crippen MR) is 94.1 cm³/mol. The zero-order valence-electron chi connectivity index (χ0n) is 14.5. The summed E-state index contributed by atoms with van der Waals surface area (Å²) >= 11 is 0. The summed E-state index contributed by atoms with van der Waals surface area (Å²) in [6.45, 7) is 1.39. The maximum atomic E-state index is 13.8. The molecule has 27 heavy (non-hydrogen) atoms. The maximum Gasteiger partial charge on any atom is 0.432 e. The number of carbonyl (C=O) groups is 1. The number of esters is 1. The van der Waals surface area contributed by atoms with Crippen molar-refractivity contribution >= 4 is 16.9 Å². The van der Waals surface area contributed by atoms with Crippen molar-refractivity contribution in [3.63, 3.8) is 0 Å². The maximum absolute atomic E-state index is 13.8. The van der Waals surface area contributed by atoms with E-state index in [1.165, 1.54) is 19.2 Å². The summed E-state index contributed by atoms with van der Waals surface area (Å²) in [7, 11) is 0. The Balaban J connectivity index is 2.20. The minimum Gasteiger partial charge on any atom is -0.463 e. The van der Waals surface area contributed by atoms with Crippen molar-refractivity contribution in [1.82, 2.24) is 4.57 Å². The molecule has 0 aliphatic heterocycles. The number of nitrogens with zero attached hydrogens (tertiary/aromatic N) is 1. The number of hydrogen-bond acceptors (Lipinski definition) is 3. The van der Waals surface area contributed by atoms with Crippen molar-refractivity contribution in [3.8, 4) is 0 Å². The minimum atomic E-state index is -5.24. The van der Waals surface area contributed by atoms with Crippen LogP contribution in [0.5, 0.6) is 0 Å². The van der Waals surface area contributed by atoms with Crippen molar-refractivity contribution in [1.29, 1.82) is 0 Å². The van der Waals surface area contributed by atoms with E-state index in [4.69, 9.17) is 0 Å². The van der Waals surface area contributed by atoms with E-state index in [0.29, 0.717) is 5.52 Å². The zero-order chi connectivity index (χ0) is 19.7. The monoisotopic (exact) mass is 377 g/mol. The van der Waals surface area contributed by atoms with Crippen LogP contribution in [0.15, 0.2) is 60.8 Å².